The summed E-state index contributed by atoms with van der Waals surface area (Å²) in [5.41, 5.74) is 0.322. The lowest BCUT2D eigenvalue weighted by molar-refractivity contribution is 0.0917. The van der Waals surface area contributed by atoms with Gasteiger partial charge in [-0.2, -0.15) is 0 Å². The number of H-pyrrole nitrogens is 1. The van der Waals surface area contributed by atoms with Crippen LogP contribution in [0.1, 0.15) is 41.2 Å². The lowest BCUT2D eigenvalue weighted by Crippen LogP contribution is -2.29. The van der Waals surface area contributed by atoms with E-state index < -0.39 is 0 Å². The van der Waals surface area contributed by atoms with Crippen LogP contribution < -0.4 is 10.6 Å². The number of nitrogens with zero attached hydrogens (tertiary/aromatic N) is 1. The van der Waals surface area contributed by atoms with Crippen molar-refractivity contribution in [1.29, 1.82) is 0 Å². The predicted octanol–water partition coefficient (Wildman–Crippen LogP) is 0.545. The molecule has 3 N–H and O–H groups in total. The maximum absolute atomic E-state index is 11.8. The zero-order valence-corrected chi connectivity index (χ0v) is 10.3. The zero-order chi connectivity index (χ0) is 12.8. The van der Waals surface area contributed by atoms with Crippen LogP contribution in [0.3, 0.4) is 0 Å². The normalized spacial score (nSPS) is 10.4. The maximum Gasteiger partial charge on any atom is 0.272 e. The molecule has 0 aliphatic carbocycles. The van der Waals surface area contributed by atoms with E-state index in [1.165, 1.54) is 13.4 Å². The van der Waals surface area contributed by atoms with E-state index in [-0.39, 0.29) is 23.2 Å². The highest BCUT2D eigenvalue weighted by molar-refractivity contribution is 6.04. The standard InChI is InChI=1S/C11H18N4O2/c1-7(2)4-5-13-11(17)9-8(10(16)12-3)14-6-15-9/h6-7H,4-5H2,1-3H3,(H,12,16)(H,13,17)(H,14,15). The first-order chi connectivity index (χ1) is 8.06. The molecule has 0 aliphatic rings. The van der Waals surface area contributed by atoms with Gasteiger partial charge in [-0.25, -0.2) is 4.98 Å². The number of imidazole rings is 1. The van der Waals surface area contributed by atoms with Crippen molar-refractivity contribution in [2.24, 2.45) is 5.92 Å². The molecule has 0 saturated heterocycles. The molecule has 0 spiro atoms. The molecular formula is C11H18N4O2. The van der Waals surface area contributed by atoms with Gasteiger partial charge in [0.25, 0.3) is 11.8 Å². The summed E-state index contributed by atoms with van der Waals surface area (Å²) in [5.74, 6) is -0.157. The Balaban J connectivity index is 2.63. The van der Waals surface area contributed by atoms with Crippen molar-refractivity contribution in [2.75, 3.05) is 13.6 Å². The van der Waals surface area contributed by atoms with Gasteiger partial charge in [-0.15, -0.1) is 0 Å². The summed E-state index contributed by atoms with van der Waals surface area (Å²) in [6, 6.07) is 0. The number of hydrogen-bond acceptors (Lipinski definition) is 3. The molecule has 0 radical (unpaired) electrons. The summed E-state index contributed by atoms with van der Waals surface area (Å²) in [5, 5.41) is 5.18. The average Bonchev–Trinajstić information content (AvgIpc) is 2.76. The van der Waals surface area contributed by atoms with Crippen LogP contribution in [-0.4, -0.2) is 35.4 Å². The minimum Gasteiger partial charge on any atom is -0.354 e. The Labute approximate surface area is 100 Å². The highest BCUT2D eigenvalue weighted by Gasteiger charge is 2.18. The number of hydrogen-bond donors (Lipinski definition) is 3. The van der Waals surface area contributed by atoms with Gasteiger partial charge in [0.1, 0.15) is 5.69 Å². The van der Waals surface area contributed by atoms with Gasteiger partial charge >= 0.3 is 0 Å². The second kappa shape index (κ2) is 6.03. The van der Waals surface area contributed by atoms with Gasteiger partial charge in [-0.3, -0.25) is 9.59 Å². The fraction of sp³-hybridized carbons (Fsp3) is 0.545. The molecule has 0 fully saturated rings. The fourth-order valence-corrected chi connectivity index (χ4v) is 1.32. The Hall–Kier alpha value is -1.85. The molecule has 2 amide bonds. The number of carbonyl (C=O) groups excluding carboxylic acids is 2. The molecule has 0 aliphatic heterocycles. The monoisotopic (exact) mass is 238 g/mol. The second-order valence-corrected chi connectivity index (χ2v) is 4.14. The van der Waals surface area contributed by atoms with E-state index in [4.69, 9.17) is 0 Å². The van der Waals surface area contributed by atoms with Crippen molar-refractivity contribution in [2.45, 2.75) is 20.3 Å². The Kier molecular flexibility index (Phi) is 4.68. The van der Waals surface area contributed by atoms with Gasteiger partial charge in [0.15, 0.2) is 5.69 Å². The number of carbonyl (C=O) groups is 2. The first-order valence-electron chi connectivity index (χ1n) is 5.60. The van der Waals surface area contributed by atoms with E-state index in [1.54, 1.807) is 0 Å². The largest absolute Gasteiger partial charge is 0.354 e. The number of nitrogens with one attached hydrogen (secondary N) is 3. The van der Waals surface area contributed by atoms with Crippen LogP contribution in [0.4, 0.5) is 0 Å². The van der Waals surface area contributed by atoms with Crippen molar-refractivity contribution < 1.29 is 9.59 Å². The third kappa shape index (κ3) is 3.58. The predicted molar refractivity (Wildman–Crippen MR) is 63.8 cm³/mol. The molecule has 17 heavy (non-hydrogen) atoms. The Morgan fingerprint density at radius 1 is 1.41 bits per heavy atom. The van der Waals surface area contributed by atoms with E-state index in [9.17, 15) is 9.59 Å². The minimum absolute atomic E-state index is 0.133. The molecule has 6 nitrogen and oxygen atoms in total. The van der Waals surface area contributed by atoms with Crippen LogP contribution >= 0.6 is 0 Å². The molecule has 1 aromatic heterocycles. The molecule has 1 heterocycles. The first-order valence-corrected chi connectivity index (χ1v) is 5.60. The van der Waals surface area contributed by atoms with Crippen molar-refractivity contribution in [3.05, 3.63) is 17.7 Å². The summed E-state index contributed by atoms with van der Waals surface area (Å²) in [4.78, 5) is 29.7. The van der Waals surface area contributed by atoms with Crippen LogP contribution in [0.25, 0.3) is 0 Å². The summed E-state index contributed by atoms with van der Waals surface area (Å²) >= 11 is 0. The summed E-state index contributed by atoms with van der Waals surface area (Å²) < 4.78 is 0. The van der Waals surface area contributed by atoms with Crippen LogP contribution in [0.15, 0.2) is 6.33 Å². The van der Waals surface area contributed by atoms with Crippen molar-refractivity contribution >= 4 is 11.8 Å². The highest BCUT2D eigenvalue weighted by atomic mass is 16.2. The molecule has 1 rings (SSSR count). The molecule has 0 aromatic carbocycles. The molecule has 6 heteroatoms. The van der Waals surface area contributed by atoms with E-state index >= 15 is 0 Å². The molecule has 1 aromatic rings. The number of aromatic amines is 1. The van der Waals surface area contributed by atoms with Gasteiger partial charge in [-0.05, 0) is 12.3 Å². The first kappa shape index (κ1) is 13.2. The molecule has 0 saturated carbocycles. The van der Waals surface area contributed by atoms with Crippen molar-refractivity contribution in [1.82, 2.24) is 20.6 Å². The number of amides is 2. The van der Waals surface area contributed by atoms with Crippen LogP contribution in [-0.2, 0) is 0 Å². The van der Waals surface area contributed by atoms with Gasteiger partial charge < -0.3 is 15.6 Å². The summed E-state index contributed by atoms with van der Waals surface area (Å²) in [6.45, 7) is 4.74. The Morgan fingerprint density at radius 2 is 2.12 bits per heavy atom. The van der Waals surface area contributed by atoms with Crippen LogP contribution in [0, 0.1) is 5.92 Å². The lowest BCUT2D eigenvalue weighted by atomic mass is 10.1. The lowest BCUT2D eigenvalue weighted by Gasteiger charge is -2.06. The molecular weight excluding hydrogens is 220 g/mol. The van der Waals surface area contributed by atoms with Gasteiger partial charge in [0.2, 0.25) is 0 Å². The third-order valence-electron chi connectivity index (χ3n) is 2.32. The van der Waals surface area contributed by atoms with Gasteiger partial charge in [0.05, 0.1) is 6.33 Å². The molecule has 94 valence electrons. The fourth-order valence-electron chi connectivity index (χ4n) is 1.32. The summed E-state index contributed by atoms with van der Waals surface area (Å²) in [6.07, 6.45) is 2.23. The molecule has 0 unspecified atom stereocenters. The summed E-state index contributed by atoms with van der Waals surface area (Å²) in [7, 11) is 1.50. The second-order valence-electron chi connectivity index (χ2n) is 4.14. The van der Waals surface area contributed by atoms with Gasteiger partial charge in [0, 0.05) is 13.6 Å². The Bertz CT molecular complexity index is 398. The van der Waals surface area contributed by atoms with E-state index in [0.29, 0.717) is 12.5 Å². The SMILES string of the molecule is CNC(=O)c1[nH]cnc1C(=O)NCCC(C)C. The van der Waals surface area contributed by atoms with Crippen LogP contribution in [0.5, 0.6) is 0 Å². The van der Waals surface area contributed by atoms with Crippen molar-refractivity contribution in [3.63, 3.8) is 0 Å². The van der Waals surface area contributed by atoms with Crippen molar-refractivity contribution in [3.8, 4) is 0 Å². The van der Waals surface area contributed by atoms with E-state index in [1.807, 2.05) is 0 Å². The van der Waals surface area contributed by atoms with Gasteiger partial charge in [-0.1, -0.05) is 13.8 Å². The zero-order valence-electron chi connectivity index (χ0n) is 10.3. The van der Waals surface area contributed by atoms with E-state index in [0.717, 1.165) is 6.42 Å². The third-order valence-corrected chi connectivity index (χ3v) is 2.32. The number of rotatable bonds is 5. The van der Waals surface area contributed by atoms with E-state index in [2.05, 4.69) is 34.4 Å². The minimum atomic E-state index is -0.350. The Morgan fingerprint density at radius 3 is 2.71 bits per heavy atom. The molecule has 0 atom stereocenters. The molecule has 0 bridgehead atoms. The number of aromatic nitrogens is 2. The van der Waals surface area contributed by atoms with Crippen LogP contribution in [0.2, 0.25) is 0 Å². The highest BCUT2D eigenvalue weighted by Crippen LogP contribution is 2.03. The average molecular weight is 238 g/mol. The quantitative estimate of drug-likeness (QED) is 0.700. The maximum atomic E-state index is 11.8. The smallest absolute Gasteiger partial charge is 0.272 e. The topological polar surface area (TPSA) is 86.9 Å².